The number of nitrogens with one attached hydrogen (secondary N) is 1. The van der Waals surface area contributed by atoms with E-state index in [1.807, 2.05) is 4.90 Å². The zero-order chi connectivity index (χ0) is 17.8. The molecule has 7 heteroatoms. The molecule has 0 radical (unpaired) electrons. The van der Waals surface area contributed by atoms with E-state index in [9.17, 15) is 14.7 Å². The van der Waals surface area contributed by atoms with Crippen molar-refractivity contribution in [3.8, 4) is 0 Å². The van der Waals surface area contributed by atoms with Crippen LogP contribution in [0.5, 0.6) is 0 Å². The second-order valence-electron chi connectivity index (χ2n) is 7.01. The maximum absolute atomic E-state index is 12.6. The molecule has 2 aliphatic rings. The Hall–Kier alpha value is -2.15. The lowest BCUT2D eigenvalue weighted by Crippen LogP contribution is -2.47. The zero-order valence-corrected chi connectivity index (χ0v) is 14.2. The molecular formula is C18H25N3O4. The number of piperidine rings is 1. The third kappa shape index (κ3) is 4.48. The zero-order valence-electron chi connectivity index (χ0n) is 14.2. The van der Waals surface area contributed by atoms with Gasteiger partial charge in [-0.3, -0.25) is 4.79 Å². The van der Waals surface area contributed by atoms with Crippen LogP contribution in [0.2, 0.25) is 0 Å². The van der Waals surface area contributed by atoms with Crippen LogP contribution < -0.4 is 10.2 Å². The Bertz CT molecular complexity index is 611. The lowest BCUT2D eigenvalue weighted by Gasteiger charge is -2.34. The van der Waals surface area contributed by atoms with E-state index in [0.717, 1.165) is 45.1 Å². The predicted molar refractivity (Wildman–Crippen MR) is 92.5 cm³/mol. The largest absolute Gasteiger partial charge is 0.478 e. The van der Waals surface area contributed by atoms with Crippen LogP contribution >= 0.6 is 0 Å². The topological polar surface area (TPSA) is 103 Å². The van der Waals surface area contributed by atoms with Gasteiger partial charge in [0.2, 0.25) is 5.91 Å². The van der Waals surface area contributed by atoms with E-state index in [1.165, 1.54) is 6.20 Å². The smallest absolute Gasteiger partial charge is 0.337 e. The first-order valence-corrected chi connectivity index (χ1v) is 8.95. The van der Waals surface area contributed by atoms with E-state index >= 15 is 0 Å². The minimum Gasteiger partial charge on any atom is -0.478 e. The first-order valence-electron chi connectivity index (χ1n) is 8.95. The summed E-state index contributed by atoms with van der Waals surface area (Å²) < 4.78 is 0. The van der Waals surface area contributed by atoms with Gasteiger partial charge < -0.3 is 20.4 Å². The van der Waals surface area contributed by atoms with Gasteiger partial charge in [-0.25, -0.2) is 9.78 Å². The number of anilines is 1. The van der Waals surface area contributed by atoms with E-state index in [2.05, 4.69) is 10.3 Å². The molecule has 0 aromatic carbocycles. The standard InChI is InChI=1S/C18H25N3O4/c22-15-6-4-14(5-7-15)20-17(23)13-2-1-9-21(11-13)16-8-3-12(10-19-16)18(24)25/h3,8,10,13-15,22H,1-2,4-7,9,11H2,(H,20,23)(H,24,25)/t13-,14?,15?/m0/s1. The Kier molecular flexibility index (Phi) is 5.53. The number of aliphatic hydroxyl groups excluding tert-OH is 1. The Morgan fingerprint density at radius 1 is 1.16 bits per heavy atom. The quantitative estimate of drug-likeness (QED) is 0.761. The van der Waals surface area contributed by atoms with Crippen LogP contribution in [0.1, 0.15) is 48.9 Å². The molecule has 1 atom stereocenters. The first kappa shape index (κ1) is 17.7. The summed E-state index contributed by atoms with van der Waals surface area (Å²) in [6.07, 6.45) is 6.06. The molecule has 1 amide bonds. The molecular weight excluding hydrogens is 322 g/mol. The molecule has 1 aliphatic heterocycles. The molecule has 7 nitrogen and oxygen atoms in total. The summed E-state index contributed by atoms with van der Waals surface area (Å²) in [5.41, 5.74) is 0.162. The molecule has 2 fully saturated rings. The molecule has 1 aromatic heterocycles. The molecule has 1 saturated carbocycles. The highest BCUT2D eigenvalue weighted by molar-refractivity contribution is 5.87. The van der Waals surface area contributed by atoms with Crippen LogP contribution in [0.4, 0.5) is 5.82 Å². The van der Waals surface area contributed by atoms with Crippen molar-refractivity contribution in [1.82, 2.24) is 10.3 Å². The molecule has 3 N–H and O–H groups in total. The van der Waals surface area contributed by atoms with Gasteiger partial charge in [-0.15, -0.1) is 0 Å². The summed E-state index contributed by atoms with van der Waals surface area (Å²) in [7, 11) is 0. The van der Waals surface area contributed by atoms with E-state index in [0.29, 0.717) is 12.4 Å². The van der Waals surface area contributed by atoms with Crippen molar-refractivity contribution in [3.63, 3.8) is 0 Å². The molecule has 0 bridgehead atoms. The number of nitrogens with zero attached hydrogens (tertiary/aromatic N) is 2. The van der Waals surface area contributed by atoms with Crippen molar-refractivity contribution in [1.29, 1.82) is 0 Å². The Labute approximate surface area is 147 Å². The summed E-state index contributed by atoms with van der Waals surface area (Å²) in [5, 5.41) is 21.6. The van der Waals surface area contributed by atoms with Crippen LogP contribution in [0.25, 0.3) is 0 Å². The fourth-order valence-corrected chi connectivity index (χ4v) is 3.64. The summed E-state index contributed by atoms with van der Waals surface area (Å²) in [5.74, 6) is -0.286. The fraction of sp³-hybridized carbons (Fsp3) is 0.611. The maximum Gasteiger partial charge on any atom is 0.337 e. The molecule has 1 aromatic rings. The Morgan fingerprint density at radius 3 is 2.56 bits per heavy atom. The van der Waals surface area contributed by atoms with Crippen molar-refractivity contribution in [2.75, 3.05) is 18.0 Å². The number of aromatic nitrogens is 1. The van der Waals surface area contributed by atoms with E-state index in [1.54, 1.807) is 12.1 Å². The average Bonchev–Trinajstić information content (AvgIpc) is 2.64. The van der Waals surface area contributed by atoms with Gasteiger partial charge in [0.25, 0.3) is 0 Å². The minimum absolute atomic E-state index is 0.0771. The number of carboxylic acids is 1. The van der Waals surface area contributed by atoms with Crippen molar-refractivity contribution in [3.05, 3.63) is 23.9 Å². The first-order chi connectivity index (χ1) is 12.0. The predicted octanol–water partition coefficient (Wildman–Crippen LogP) is 1.42. The molecule has 2 heterocycles. The Balaban J connectivity index is 1.56. The van der Waals surface area contributed by atoms with Crippen LogP contribution in [0.3, 0.4) is 0 Å². The summed E-state index contributed by atoms with van der Waals surface area (Å²) in [6.45, 7) is 1.42. The highest BCUT2D eigenvalue weighted by Gasteiger charge is 2.29. The SMILES string of the molecule is O=C(O)c1ccc(N2CCC[C@H](C(=O)NC3CCC(O)CC3)C2)nc1. The molecule has 1 aliphatic carbocycles. The number of carbonyl (C=O) groups excluding carboxylic acids is 1. The van der Waals surface area contributed by atoms with Crippen molar-refractivity contribution in [2.24, 2.45) is 5.92 Å². The highest BCUT2D eigenvalue weighted by atomic mass is 16.4. The number of aliphatic hydroxyl groups is 1. The third-order valence-electron chi connectivity index (χ3n) is 5.15. The molecule has 136 valence electrons. The van der Waals surface area contributed by atoms with Gasteiger partial charge in [0.15, 0.2) is 0 Å². The number of carbonyl (C=O) groups is 2. The number of aromatic carboxylic acids is 1. The molecule has 1 saturated heterocycles. The Morgan fingerprint density at radius 2 is 1.92 bits per heavy atom. The molecule has 3 rings (SSSR count). The van der Waals surface area contributed by atoms with Crippen LogP contribution in [0.15, 0.2) is 18.3 Å². The van der Waals surface area contributed by atoms with Crippen LogP contribution in [-0.2, 0) is 4.79 Å². The number of pyridine rings is 1. The molecule has 0 unspecified atom stereocenters. The van der Waals surface area contributed by atoms with Crippen molar-refractivity contribution in [2.45, 2.75) is 50.7 Å². The second-order valence-corrected chi connectivity index (χ2v) is 7.01. The number of hydrogen-bond acceptors (Lipinski definition) is 5. The second kappa shape index (κ2) is 7.82. The van der Waals surface area contributed by atoms with E-state index in [4.69, 9.17) is 5.11 Å². The third-order valence-corrected chi connectivity index (χ3v) is 5.15. The minimum atomic E-state index is -0.993. The lowest BCUT2D eigenvalue weighted by molar-refractivity contribution is -0.126. The normalized spacial score (nSPS) is 26.9. The van der Waals surface area contributed by atoms with E-state index < -0.39 is 5.97 Å². The molecule has 25 heavy (non-hydrogen) atoms. The van der Waals surface area contributed by atoms with Gasteiger partial charge in [0.05, 0.1) is 17.6 Å². The average molecular weight is 347 g/mol. The summed E-state index contributed by atoms with van der Waals surface area (Å²) in [6, 6.07) is 3.41. The van der Waals surface area contributed by atoms with Gasteiger partial charge in [-0.1, -0.05) is 0 Å². The number of carboxylic acid groups (broad SMARTS) is 1. The van der Waals surface area contributed by atoms with Gasteiger partial charge in [-0.2, -0.15) is 0 Å². The number of hydrogen-bond donors (Lipinski definition) is 3. The van der Waals surface area contributed by atoms with Gasteiger partial charge >= 0.3 is 5.97 Å². The van der Waals surface area contributed by atoms with Crippen molar-refractivity contribution >= 4 is 17.7 Å². The van der Waals surface area contributed by atoms with Crippen molar-refractivity contribution < 1.29 is 19.8 Å². The van der Waals surface area contributed by atoms with E-state index in [-0.39, 0.29) is 29.5 Å². The van der Waals surface area contributed by atoms with Crippen LogP contribution in [0, 0.1) is 5.92 Å². The van der Waals surface area contributed by atoms with Gasteiger partial charge in [0.1, 0.15) is 5.82 Å². The molecule has 0 spiro atoms. The lowest BCUT2D eigenvalue weighted by atomic mass is 9.91. The van der Waals surface area contributed by atoms with Gasteiger partial charge in [-0.05, 0) is 50.7 Å². The van der Waals surface area contributed by atoms with Gasteiger partial charge in [0, 0.05) is 25.3 Å². The number of amides is 1. The number of rotatable bonds is 4. The summed E-state index contributed by atoms with van der Waals surface area (Å²) in [4.78, 5) is 29.8. The highest BCUT2D eigenvalue weighted by Crippen LogP contribution is 2.23. The fourth-order valence-electron chi connectivity index (χ4n) is 3.64. The van der Waals surface area contributed by atoms with Crippen LogP contribution in [-0.4, -0.2) is 52.3 Å². The maximum atomic E-state index is 12.6. The monoisotopic (exact) mass is 347 g/mol. The summed E-state index contributed by atoms with van der Waals surface area (Å²) >= 11 is 0.